The van der Waals surface area contributed by atoms with Crippen LogP contribution < -0.4 is 16.8 Å². The fourth-order valence-corrected chi connectivity index (χ4v) is 1.89. The lowest BCUT2D eigenvalue weighted by Gasteiger charge is -2.12. The second-order valence-corrected chi connectivity index (χ2v) is 4.41. The molecule has 1 amide bonds. The lowest BCUT2D eigenvalue weighted by atomic mass is 10.1. The van der Waals surface area contributed by atoms with Crippen LogP contribution in [0.4, 0.5) is 17.2 Å². The summed E-state index contributed by atoms with van der Waals surface area (Å²) in [5.41, 5.74) is 14.6. The van der Waals surface area contributed by atoms with Gasteiger partial charge < -0.3 is 16.8 Å². The van der Waals surface area contributed by atoms with Crippen molar-refractivity contribution >= 4 is 23.1 Å². The second kappa shape index (κ2) is 4.97. The molecular weight excluding hydrogens is 240 g/mol. The number of nitrogens with two attached hydrogens (primary N) is 2. The van der Waals surface area contributed by atoms with Crippen LogP contribution in [0.2, 0.25) is 0 Å². The highest BCUT2D eigenvalue weighted by atomic mass is 16.1. The molecule has 0 saturated carbocycles. The molecule has 0 atom stereocenters. The maximum Gasteiger partial charge on any atom is 0.250 e. The van der Waals surface area contributed by atoms with Gasteiger partial charge in [-0.1, -0.05) is 18.2 Å². The lowest BCUT2D eigenvalue weighted by Crippen LogP contribution is -2.14. The fraction of sp³-hybridized carbons (Fsp3) is 0.143. The molecule has 1 aromatic heterocycles. The van der Waals surface area contributed by atoms with Gasteiger partial charge in [-0.05, 0) is 31.0 Å². The average molecular weight is 256 g/mol. The van der Waals surface area contributed by atoms with E-state index in [2.05, 4.69) is 10.3 Å². The number of primary amides is 1. The Labute approximate surface area is 111 Å². The van der Waals surface area contributed by atoms with E-state index in [1.165, 1.54) is 6.20 Å². The van der Waals surface area contributed by atoms with Crippen molar-refractivity contribution in [3.8, 4) is 0 Å². The molecule has 5 N–H and O–H groups in total. The summed E-state index contributed by atoms with van der Waals surface area (Å²) in [5.74, 6) is -0.0233. The lowest BCUT2D eigenvalue weighted by molar-refractivity contribution is 0.100. The third-order valence-corrected chi connectivity index (χ3v) is 2.93. The number of pyridine rings is 1. The minimum Gasteiger partial charge on any atom is -0.397 e. The van der Waals surface area contributed by atoms with Crippen molar-refractivity contribution in [2.24, 2.45) is 5.73 Å². The van der Waals surface area contributed by atoms with Crippen LogP contribution in [0.15, 0.2) is 30.5 Å². The molecule has 0 aliphatic carbocycles. The van der Waals surface area contributed by atoms with Crippen molar-refractivity contribution in [2.75, 3.05) is 11.1 Å². The molecule has 0 unspecified atom stereocenters. The number of carbonyl (C=O) groups excluding carboxylic acids is 1. The Hall–Kier alpha value is -2.56. The number of hydrogen-bond acceptors (Lipinski definition) is 4. The van der Waals surface area contributed by atoms with Gasteiger partial charge in [0.05, 0.1) is 17.4 Å². The van der Waals surface area contributed by atoms with E-state index in [9.17, 15) is 4.79 Å². The maximum atomic E-state index is 11.2. The number of para-hydroxylation sites is 1. The van der Waals surface area contributed by atoms with Crippen LogP contribution in [0.5, 0.6) is 0 Å². The highest BCUT2D eigenvalue weighted by Gasteiger charge is 2.09. The van der Waals surface area contributed by atoms with Gasteiger partial charge in [0, 0.05) is 5.69 Å². The SMILES string of the molecule is Cc1cccc(C)c1Nc1cc(C(N)=O)c(N)cn1. The molecule has 1 heterocycles. The Kier molecular flexibility index (Phi) is 3.37. The summed E-state index contributed by atoms with van der Waals surface area (Å²) in [6.45, 7) is 4.00. The highest BCUT2D eigenvalue weighted by molar-refractivity contribution is 5.98. The van der Waals surface area contributed by atoms with Crippen LogP contribution in [-0.2, 0) is 0 Å². The van der Waals surface area contributed by atoms with Crippen LogP contribution in [-0.4, -0.2) is 10.9 Å². The third-order valence-electron chi connectivity index (χ3n) is 2.93. The quantitative estimate of drug-likeness (QED) is 0.784. The molecule has 2 aromatic rings. The Morgan fingerprint density at radius 3 is 2.47 bits per heavy atom. The van der Waals surface area contributed by atoms with Gasteiger partial charge in [0.2, 0.25) is 0 Å². The molecule has 1 aromatic carbocycles. The van der Waals surface area contributed by atoms with Gasteiger partial charge in [0.1, 0.15) is 5.82 Å². The summed E-state index contributed by atoms with van der Waals surface area (Å²) in [6, 6.07) is 7.55. The molecule has 2 rings (SSSR count). The molecule has 19 heavy (non-hydrogen) atoms. The Morgan fingerprint density at radius 1 is 1.26 bits per heavy atom. The molecule has 0 radical (unpaired) electrons. The molecule has 0 fully saturated rings. The van der Waals surface area contributed by atoms with E-state index in [-0.39, 0.29) is 11.3 Å². The van der Waals surface area contributed by atoms with E-state index in [4.69, 9.17) is 11.5 Å². The first kappa shape index (κ1) is 12.9. The van der Waals surface area contributed by atoms with Crippen molar-refractivity contribution in [1.29, 1.82) is 0 Å². The second-order valence-electron chi connectivity index (χ2n) is 4.41. The number of anilines is 3. The smallest absolute Gasteiger partial charge is 0.250 e. The van der Waals surface area contributed by atoms with Crippen molar-refractivity contribution in [2.45, 2.75) is 13.8 Å². The molecule has 0 spiro atoms. The van der Waals surface area contributed by atoms with E-state index >= 15 is 0 Å². The van der Waals surface area contributed by atoms with Gasteiger partial charge in [-0.25, -0.2) is 4.98 Å². The van der Waals surface area contributed by atoms with Gasteiger partial charge in [0.15, 0.2) is 0 Å². The van der Waals surface area contributed by atoms with E-state index in [1.54, 1.807) is 6.07 Å². The molecule has 98 valence electrons. The maximum absolute atomic E-state index is 11.2. The van der Waals surface area contributed by atoms with Gasteiger partial charge >= 0.3 is 0 Å². The summed E-state index contributed by atoms with van der Waals surface area (Å²) in [7, 11) is 0. The number of rotatable bonds is 3. The predicted octanol–water partition coefficient (Wildman–Crippen LogP) is 2.12. The van der Waals surface area contributed by atoms with E-state index < -0.39 is 5.91 Å². The van der Waals surface area contributed by atoms with Gasteiger partial charge in [-0.15, -0.1) is 0 Å². The van der Waals surface area contributed by atoms with Crippen LogP contribution >= 0.6 is 0 Å². The van der Waals surface area contributed by atoms with E-state index in [1.807, 2.05) is 32.0 Å². The number of carbonyl (C=O) groups is 1. The number of nitrogens with zero attached hydrogens (tertiary/aromatic N) is 1. The molecule has 0 aliphatic rings. The standard InChI is InChI=1S/C14H16N4O/c1-8-4-3-5-9(2)13(8)18-12-6-10(14(16)19)11(15)7-17-12/h3-7H,15H2,1-2H3,(H2,16,19)(H,17,18). The summed E-state index contributed by atoms with van der Waals surface area (Å²) in [6.07, 6.45) is 1.43. The van der Waals surface area contributed by atoms with E-state index in [0.29, 0.717) is 5.82 Å². The zero-order valence-electron chi connectivity index (χ0n) is 10.9. The number of hydrogen-bond donors (Lipinski definition) is 3. The fourth-order valence-electron chi connectivity index (χ4n) is 1.89. The van der Waals surface area contributed by atoms with Crippen LogP contribution in [0, 0.1) is 13.8 Å². The van der Waals surface area contributed by atoms with Crippen LogP contribution in [0.25, 0.3) is 0 Å². The first-order valence-corrected chi connectivity index (χ1v) is 5.87. The minimum atomic E-state index is -0.565. The van der Waals surface area contributed by atoms with E-state index in [0.717, 1.165) is 16.8 Å². The molecule has 5 nitrogen and oxygen atoms in total. The number of nitrogen functional groups attached to an aromatic ring is 1. The Balaban J connectivity index is 2.39. The van der Waals surface area contributed by atoms with Crippen LogP contribution in [0.1, 0.15) is 21.5 Å². The zero-order chi connectivity index (χ0) is 14.0. The number of aryl methyl sites for hydroxylation is 2. The predicted molar refractivity (Wildman–Crippen MR) is 76.4 cm³/mol. The summed E-state index contributed by atoms with van der Waals surface area (Å²) < 4.78 is 0. The first-order valence-electron chi connectivity index (χ1n) is 5.87. The topological polar surface area (TPSA) is 94.0 Å². The largest absolute Gasteiger partial charge is 0.397 e. The van der Waals surface area contributed by atoms with Gasteiger partial charge in [-0.2, -0.15) is 0 Å². The normalized spacial score (nSPS) is 10.2. The van der Waals surface area contributed by atoms with Crippen molar-refractivity contribution in [1.82, 2.24) is 4.98 Å². The number of nitrogens with one attached hydrogen (secondary N) is 1. The summed E-state index contributed by atoms with van der Waals surface area (Å²) >= 11 is 0. The van der Waals surface area contributed by atoms with Crippen molar-refractivity contribution in [3.05, 3.63) is 47.2 Å². The Bertz CT molecular complexity index is 617. The van der Waals surface area contributed by atoms with Crippen LogP contribution in [0.3, 0.4) is 0 Å². The monoisotopic (exact) mass is 256 g/mol. The number of aromatic nitrogens is 1. The molecule has 5 heteroatoms. The Morgan fingerprint density at radius 2 is 1.89 bits per heavy atom. The van der Waals surface area contributed by atoms with Gasteiger partial charge in [-0.3, -0.25) is 4.79 Å². The molecule has 0 saturated heterocycles. The van der Waals surface area contributed by atoms with Crippen molar-refractivity contribution < 1.29 is 4.79 Å². The highest BCUT2D eigenvalue weighted by Crippen LogP contribution is 2.24. The molecular formula is C14H16N4O. The summed E-state index contributed by atoms with van der Waals surface area (Å²) in [4.78, 5) is 15.4. The first-order chi connectivity index (χ1) is 8.99. The minimum absolute atomic E-state index is 0.267. The number of amides is 1. The molecule has 0 bridgehead atoms. The number of benzene rings is 1. The van der Waals surface area contributed by atoms with Crippen molar-refractivity contribution in [3.63, 3.8) is 0 Å². The third kappa shape index (κ3) is 2.65. The zero-order valence-corrected chi connectivity index (χ0v) is 10.9. The molecule has 0 aliphatic heterocycles. The average Bonchev–Trinajstić information content (AvgIpc) is 2.35. The van der Waals surface area contributed by atoms with Gasteiger partial charge in [0.25, 0.3) is 5.91 Å². The summed E-state index contributed by atoms with van der Waals surface area (Å²) in [5, 5.41) is 3.19.